The first-order valence-corrected chi connectivity index (χ1v) is 6.71. The van der Waals surface area contributed by atoms with Crippen molar-refractivity contribution in [3.63, 3.8) is 0 Å². The molecule has 0 amide bonds. The van der Waals surface area contributed by atoms with Crippen LogP contribution in [0.2, 0.25) is 0 Å². The summed E-state index contributed by atoms with van der Waals surface area (Å²) >= 11 is 0. The van der Waals surface area contributed by atoms with E-state index in [1.165, 1.54) is 0 Å². The van der Waals surface area contributed by atoms with Crippen molar-refractivity contribution in [2.75, 3.05) is 19.3 Å². The van der Waals surface area contributed by atoms with Crippen molar-refractivity contribution in [3.05, 3.63) is 29.8 Å². The topological polar surface area (TPSA) is 46.2 Å². The van der Waals surface area contributed by atoms with Crippen LogP contribution in [0.15, 0.2) is 29.2 Å². The molecule has 0 atom stereocenters. The van der Waals surface area contributed by atoms with Gasteiger partial charge in [0.1, 0.15) is 0 Å². The van der Waals surface area contributed by atoms with Gasteiger partial charge in [-0.2, -0.15) is 0 Å². The van der Waals surface area contributed by atoms with E-state index in [-0.39, 0.29) is 5.75 Å². The zero-order chi connectivity index (χ0) is 11.3. The average Bonchev–Trinajstić information content (AvgIpc) is 2.27. The van der Waals surface area contributed by atoms with E-state index in [9.17, 15) is 8.42 Å². The first kappa shape index (κ1) is 12.2. The Labute approximate surface area is 91.4 Å². The molecule has 84 valence electrons. The minimum Gasteiger partial charge on any atom is -0.319 e. The summed E-state index contributed by atoms with van der Waals surface area (Å²) in [6, 6.07) is 7.16. The maximum Gasteiger partial charge on any atom is 0.178 e. The van der Waals surface area contributed by atoms with E-state index >= 15 is 0 Å². The van der Waals surface area contributed by atoms with Gasteiger partial charge in [0, 0.05) is 0 Å². The van der Waals surface area contributed by atoms with Crippen LogP contribution in [0.3, 0.4) is 0 Å². The predicted molar refractivity (Wildman–Crippen MR) is 61.8 cm³/mol. The standard InChI is InChI=1S/C11H17NO2S/c1-3-15(13,14)11-6-4-5-10(9-11)7-8-12-2/h4-6,9,12H,3,7-8H2,1-2H3. The molecule has 0 aromatic heterocycles. The van der Waals surface area contributed by atoms with Crippen LogP contribution < -0.4 is 5.32 Å². The second kappa shape index (κ2) is 5.28. The summed E-state index contributed by atoms with van der Waals surface area (Å²) < 4.78 is 23.2. The van der Waals surface area contributed by atoms with Gasteiger partial charge in [0.15, 0.2) is 9.84 Å². The van der Waals surface area contributed by atoms with Crippen molar-refractivity contribution >= 4 is 9.84 Å². The fourth-order valence-electron chi connectivity index (χ4n) is 1.33. The molecule has 0 bridgehead atoms. The summed E-state index contributed by atoms with van der Waals surface area (Å²) in [5.41, 5.74) is 1.05. The third-order valence-electron chi connectivity index (χ3n) is 2.30. The Hall–Kier alpha value is -0.870. The van der Waals surface area contributed by atoms with Crippen LogP contribution in [-0.2, 0) is 16.3 Å². The van der Waals surface area contributed by atoms with Gasteiger partial charge in [-0.15, -0.1) is 0 Å². The molecule has 0 radical (unpaired) electrons. The Morgan fingerprint density at radius 2 is 2.07 bits per heavy atom. The minimum absolute atomic E-state index is 0.155. The van der Waals surface area contributed by atoms with Crippen molar-refractivity contribution < 1.29 is 8.42 Å². The zero-order valence-corrected chi connectivity index (χ0v) is 9.97. The maximum atomic E-state index is 11.6. The highest BCUT2D eigenvalue weighted by Gasteiger charge is 2.11. The Morgan fingerprint density at radius 1 is 1.33 bits per heavy atom. The van der Waals surface area contributed by atoms with Gasteiger partial charge in [-0.3, -0.25) is 0 Å². The van der Waals surface area contributed by atoms with Crippen LogP contribution in [0.1, 0.15) is 12.5 Å². The van der Waals surface area contributed by atoms with E-state index < -0.39 is 9.84 Å². The van der Waals surface area contributed by atoms with Crippen LogP contribution in [0.25, 0.3) is 0 Å². The van der Waals surface area contributed by atoms with Crippen LogP contribution in [-0.4, -0.2) is 27.8 Å². The normalized spacial score (nSPS) is 11.6. The van der Waals surface area contributed by atoms with Crippen LogP contribution in [0.5, 0.6) is 0 Å². The number of likely N-dealkylation sites (N-methyl/N-ethyl adjacent to an activating group) is 1. The lowest BCUT2D eigenvalue weighted by molar-refractivity contribution is 0.597. The molecule has 0 spiro atoms. The molecule has 1 aromatic carbocycles. The number of rotatable bonds is 5. The van der Waals surface area contributed by atoms with Gasteiger partial charge < -0.3 is 5.32 Å². The first-order chi connectivity index (χ1) is 7.10. The number of nitrogens with one attached hydrogen (secondary N) is 1. The van der Waals surface area contributed by atoms with Gasteiger partial charge in [-0.1, -0.05) is 19.1 Å². The summed E-state index contributed by atoms with van der Waals surface area (Å²) in [6.07, 6.45) is 0.851. The van der Waals surface area contributed by atoms with Gasteiger partial charge in [-0.25, -0.2) is 8.42 Å². The SMILES string of the molecule is CCS(=O)(=O)c1cccc(CCNC)c1. The van der Waals surface area contributed by atoms with Gasteiger partial charge in [0.05, 0.1) is 10.6 Å². The van der Waals surface area contributed by atoms with E-state index in [0.717, 1.165) is 18.5 Å². The third-order valence-corrected chi connectivity index (χ3v) is 4.03. The molecule has 1 rings (SSSR count). The zero-order valence-electron chi connectivity index (χ0n) is 9.16. The summed E-state index contributed by atoms with van der Waals surface area (Å²) in [7, 11) is -1.18. The highest BCUT2D eigenvalue weighted by atomic mass is 32.2. The van der Waals surface area contributed by atoms with Gasteiger partial charge in [0.2, 0.25) is 0 Å². The smallest absolute Gasteiger partial charge is 0.178 e. The number of benzene rings is 1. The molecular formula is C11H17NO2S. The van der Waals surface area contributed by atoms with Crippen molar-refractivity contribution in [2.24, 2.45) is 0 Å². The molecule has 0 saturated carbocycles. The monoisotopic (exact) mass is 227 g/mol. The third kappa shape index (κ3) is 3.32. The van der Waals surface area contributed by atoms with Crippen LogP contribution in [0, 0.1) is 0 Å². The van der Waals surface area contributed by atoms with Crippen molar-refractivity contribution in [3.8, 4) is 0 Å². The second-order valence-electron chi connectivity index (χ2n) is 3.40. The molecule has 4 heteroatoms. The predicted octanol–water partition coefficient (Wildman–Crippen LogP) is 1.24. The van der Waals surface area contributed by atoms with E-state index in [2.05, 4.69) is 5.32 Å². The molecule has 0 aliphatic heterocycles. The fraction of sp³-hybridized carbons (Fsp3) is 0.455. The lowest BCUT2D eigenvalue weighted by Gasteiger charge is -2.04. The fourth-order valence-corrected chi connectivity index (χ4v) is 2.28. The van der Waals surface area contributed by atoms with Crippen LogP contribution >= 0.6 is 0 Å². The Kier molecular flexibility index (Phi) is 4.29. The molecule has 0 unspecified atom stereocenters. The highest BCUT2D eigenvalue weighted by molar-refractivity contribution is 7.91. The maximum absolute atomic E-state index is 11.6. The van der Waals surface area contributed by atoms with E-state index in [0.29, 0.717) is 4.90 Å². The Morgan fingerprint density at radius 3 is 2.67 bits per heavy atom. The number of hydrogen-bond acceptors (Lipinski definition) is 3. The molecule has 0 fully saturated rings. The second-order valence-corrected chi connectivity index (χ2v) is 5.68. The summed E-state index contributed by atoms with van der Waals surface area (Å²) in [5.74, 6) is 0.155. The molecule has 0 aliphatic carbocycles. The lowest BCUT2D eigenvalue weighted by Crippen LogP contribution is -2.11. The largest absolute Gasteiger partial charge is 0.319 e. The first-order valence-electron chi connectivity index (χ1n) is 5.06. The Bertz CT molecular complexity index is 412. The number of hydrogen-bond donors (Lipinski definition) is 1. The molecule has 0 heterocycles. The molecule has 0 aliphatic rings. The van der Waals surface area contributed by atoms with Gasteiger partial charge >= 0.3 is 0 Å². The van der Waals surface area contributed by atoms with Crippen LogP contribution in [0.4, 0.5) is 0 Å². The van der Waals surface area contributed by atoms with Crippen molar-refractivity contribution in [2.45, 2.75) is 18.2 Å². The van der Waals surface area contributed by atoms with Gasteiger partial charge in [0.25, 0.3) is 0 Å². The van der Waals surface area contributed by atoms with E-state index in [1.807, 2.05) is 13.1 Å². The molecule has 1 aromatic rings. The van der Waals surface area contributed by atoms with Crippen molar-refractivity contribution in [1.82, 2.24) is 5.32 Å². The molecule has 1 N–H and O–H groups in total. The van der Waals surface area contributed by atoms with E-state index in [1.54, 1.807) is 25.1 Å². The molecule has 15 heavy (non-hydrogen) atoms. The van der Waals surface area contributed by atoms with Gasteiger partial charge in [-0.05, 0) is 37.7 Å². The highest BCUT2D eigenvalue weighted by Crippen LogP contribution is 2.13. The quantitative estimate of drug-likeness (QED) is 0.823. The molecule has 3 nitrogen and oxygen atoms in total. The average molecular weight is 227 g/mol. The summed E-state index contributed by atoms with van der Waals surface area (Å²) in [4.78, 5) is 0.429. The molecule has 0 saturated heterocycles. The van der Waals surface area contributed by atoms with E-state index in [4.69, 9.17) is 0 Å². The Balaban J connectivity index is 2.93. The summed E-state index contributed by atoms with van der Waals surface area (Å²) in [5, 5.41) is 3.04. The lowest BCUT2D eigenvalue weighted by atomic mass is 10.1. The minimum atomic E-state index is -3.07. The number of sulfone groups is 1. The molecular weight excluding hydrogens is 210 g/mol. The summed E-state index contributed by atoms with van der Waals surface area (Å²) in [6.45, 7) is 2.52. The van der Waals surface area contributed by atoms with Crippen molar-refractivity contribution in [1.29, 1.82) is 0 Å².